The smallest absolute Gasteiger partial charge is 0.374 e. The van der Waals surface area contributed by atoms with Gasteiger partial charge < -0.3 is 19.8 Å². The van der Waals surface area contributed by atoms with Crippen molar-refractivity contribution in [2.75, 3.05) is 11.9 Å². The lowest BCUT2D eigenvalue weighted by Crippen LogP contribution is -2.33. The van der Waals surface area contributed by atoms with Gasteiger partial charge in [-0.25, -0.2) is 4.79 Å². The number of anilines is 1. The fourth-order valence-corrected chi connectivity index (χ4v) is 3.81. The topological polar surface area (TPSA) is 97.6 Å². The highest BCUT2D eigenvalue weighted by Crippen LogP contribution is 2.24. The zero-order valence-electron chi connectivity index (χ0n) is 16.7. The average Bonchev–Trinajstić information content (AvgIpc) is 3.41. The SMILES string of the molecule is O=C(COC(=O)c1cc2cc(Cl)ccc2o1)Nc1ccccc1C(=O)NC1CCCC1. The van der Waals surface area contributed by atoms with Crippen LogP contribution in [0.15, 0.2) is 52.9 Å². The third-order valence-corrected chi connectivity index (χ3v) is 5.39. The Morgan fingerprint density at radius 1 is 1.06 bits per heavy atom. The van der Waals surface area contributed by atoms with Gasteiger partial charge in [-0.05, 0) is 49.2 Å². The molecule has 1 saturated carbocycles. The van der Waals surface area contributed by atoms with Crippen LogP contribution in [0.25, 0.3) is 11.0 Å². The first-order valence-corrected chi connectivity index (χ1v) is 10.4. The zero-order chi connectivity index (χ0) is 21.8. The molecule has 0 aliphatic heterocycles. The van der Waals surface area contributed by atoms with Crippen LogP contribution in [0.1, 0.15) is 46.6 Å². The van der Waals surface area contributed by atoms with Gasteiger partial charge in [0.2, 0.25) is 5.76 Å². The maximum absolute atomic E-state index is 12.6. The van der Waals surface area contributed by atoms with Gasteiger partial charge in [-0.2, -0.15) is 0 Å². The van der Waals surface area contributed by atoms with Crippen LogP contribution in [-0.4, -0.2) is 30.4 Å². The monoisotopic (exact) mass is 440 g/mol. The summed E-state index contributed by atoms with van der Waals surface area (Å²) in [4.78, 5) is 37.1. The normalized spacial score (nSPS) is 13.8. The van der Waals surface area contributed by atoms with E-state index >= 15 is 0 Å². The Labute approximate surface area is 183 Å². The summed E-state index contributed by atoms with van der Waals surface area (Å²) in [5.74, 6) is -1.59. The third kappa shape index (κ3) is 5.06. The van der Waals surface area contributed by atoms with Crippen molar-refractivity contribution in [1.82, 2.24) is 5.32 Å². The first-order chi connectivity index (χ1) is 15.0. The summed E-state index contributed by atoms with van der Waals surface area (Å²) in [5, 5.41) is 6.81. The molecule has 0 radical (unpaired) electrons. The third-order valence-electron chi connectivity index (χ3n) is 5.15. The second-order valence-electron chi connectivity index (χ2n) is 7.42. The predicted octanol–water partition coefficient (Wildman–Crippen LogP) is 4.55. The van der Waals surface area contributed by atoms with Crippen LogP contribution in [0.5, 0.6) is 0 Å². The van der Waals surface area contributed by atoms with E-state index in [1.54, 1.807) is 42.5 Å². The molecule has 1 aromatic heterocycles. The second kappa shape index (κ2) is 9.22. The Morgan fingerprint density at radius 2 is 1.84 bits per heavy atom. The second-order valence-corrected chi connectivity index (χ2v) is 7.85. The summed E-state index contributed by atoms with van der Waals surface area (Å²) in [6.45, 7) is -0.519. The molecule has 2 amide bonds. The first kappa shape index (κ1) is 20.9. The molecule has 0 unspecified atom stereocenters. The number of esters is 1. The molecule has 8 heteroatoms. The molecule has 2 aromatic carbocycles. The van der Waals surface area contributed by atoms with Crippen molar-refractivity contribution in [2.24, 2.45) is 0 Å². The number of nitrogens with one attached hydrogen (secondary N) is 2. The predicted molar refractivity (Wildman–Crippen MR) is 116 cm³/mol. The highest BCUT2D eigenvalue weighted by atomic mass is 35.5. The van der Waals surface area contributed by atoms with E-state index in [1.807, 2.05) is 0 Å². The molecule has 0 bridgehead atoms. The lowest BCUT2D eigenvalue weighted by Gasteiger charge is -2.15. The summed E-state index contributed by atoms with van der Waals surface area (Å²) in [6, 6.07) is 13.3. The number of para-hydroxylation sites is 1. The fourth-order valence-electron chi connectivity index (χ4n) is 3.63. The van der Waals surface area contributed by atoms with Crippen LogP contribution in [0.4, 0.5) is 5.69 Å². The molecule has 7 nitrogen and oxygen atoms in total. The molecular formula is C23H21ClN2O5. The molecule has 0 saturated heterocycles. The summed E-state index contributed by atoms with van der Waals surface area (Å²) in [7, 11) is 0. The van der Waals surface area contributed by atoms with E-state index in [4.69, 9.17) is 20.8 Å². The number of rotatable bonds is 6. The number of carbonyl (C=O) groups excluding carboxylic acids is 3. The van der Waals surface area contributed by atoms with Gasteiger partial charge in [-0.1, -0.05) is 36.6 Å². The van der Waals surface area contributed by atoms with Gasteiger partial charge in [0.1, 0.15) is 5.58 Å². The molecule has 31 heavy (non-hydrogen) atoms. The number of hydrogen-bond donors (Lipinski definition) is 2. The first-order valence-electron chi connectivity index (χ1n) is 10.1. The Bertz CT molecular complexity index is 1130. The van der Waals surface area contributed by atoms with Crippen LogP contribution in [0.2, 0.25) is 5.02 Å². The van der Waals surface area contributed by atoms with E-state index in [1.165, 1.54) is 6.07 Å². The van der Waals surface area contributed by atoms with Gasteiger partial charge >= 0.3 is 5.97 Å². The molecule has 1 fully saturated rings. The molecule has 1 aliphatic rings. The van der Waals surface area contributed by atoms with Crippen molar-refractivity contribution in [1.29, 1.82) is 0 Å². The van der Waals surface area contributed by atoms with Crippen molar-refractivity contribution in [3.05, 3.63) is 64.9 Å². The Morgan fingerprint density at radius 3 is 2.65 bits per heavy atom. The zero-order valence-corrected chi connectivity index (χ0v) is 17.4. The molecule has 0 spiro atoms. The van der Waals surface area contributed by atoms with Gasteiger partial charge in [0.05, 0.1) is 11.3 Å². The lowest BCUT2D eigenvalue weighted by atomic mass is 10.1. The Hall–Kier alpha value is -3.32. The van der Waals surface area contributed by atoms with Crippen LogP contribution in [0, 0.1) is 0 Å². The van der Waals surface area contributed by atoms with Crippen molar-refractivity contribution < 1.29 is 23.5 Å². The quantitative estimate of drug-likeness (QED) is 0.548. The molecular weight excluding hydrogens is 420 g/mol. The molecule has 0 atom stereocenters. The van der Waals surface area contributed by atoms with Crippen molar-refractivity contribution in [3.8, 4) is 0 Å². The highest BCUT2D eigenvalue weighted by molar-refractivity contribution is 6.31. The number of halogens is 1. The minimum atomic E-state index is -0.769. The number of carbonyl (C=O) groups is 3. The van der Waals surface area contributed by atoms with E-state index in [2.05, 4.69) is 10.6 Å². The van der Waals surface area contributed by atoms with Crippen LogP contribution in [-0.2, 0) is 9.53 Å². The summed E-state index contributed by atoms with van der Waals surface area (Å²) in [6.07, 6.45) is 4.13. The molecule has 4 rings (SSSR count). The van der Waals surface area contributed by atoms with Crippen molar-refractivity contribution in [2.45, 2.75) is 31.7 Å². The van der Waals surface area contributed by atoms with Crippen LogP contribution in [0.3, 0.4) is 0 Å². The molecule has 1 heterocycles. The average molecular weight is 441 g/mol. The number of amides is 2. The minimum absolute atomic E-state index is 0.0265. The maximum Gasteiger partial charge on any atom is 0.374 e. The summed E-state index contributed by atoms with van der Waals surface area (Å²) in [5.41, 5.74) is 1.21. The number of fused-ring (bicyclic) bond motifs is 1. The summed E-state index contributed by atoms with van der Waals surface area (Å²) < 4.78 is 10.5. The van der Waals surface area contributed by atoms with E-state index in [0.29, 0.717) is 27.2 Å². The van der Waals surface area contributed by atoms with Crippen LogP contribution >= 0.6 is 11.6 Å². The Balaban J connectivity index is 1.36. The Kier molecular flexibility index (Phi) is 6.23. The summed E-state index contributed by atoms with van der Waals surface area (Å²) >= 11 is 5.93. The van der Waals surface area contributed by atoms with Gasteiger partial charge in [0.25, 0.3) is 11.8 Å². The van der Waals surface area contributed by atoms with E-state index in [0.717, 1.165) is 25.7 Å². The molecule has 160 valence electrons. The molecule has 3 aromatic rings. The fraction of sp³-hybridized carbons (Fsp3) is 0.261. The van der Waals surface area contributed by atoms with Gasteiger partial charge in [0.15, 0.2) is 6.61 Å². The van der Waals surface area contributed by atoms with Gasteiger partial charge in [-0.3, -0.25) is 9.59 Å². The molecule has 2 N–H and O–H groups in total. The minimum Gasteiger partial charge on any atom is -0.450 e. The van der Waals surface area contributed by atoms with E-state index in [9.17, 15) is 14.4 Å². The van der Waals surface area contributed by atoms with Gasteiger partial charge in [-0.15, -0.1) is 0 Å². The van der Waals surface area contributed by atoms with Crippen molar-refractivity contribution in [3.63, 3.8) is 0 Å². The van der Waals surface area contributed by atoms with Crippen molar-refractivity contribution >= 4 is 46.0 Å². The van der Waals surface area contributed by atoms with E-state index < -0.39 is 18.5 Å². The van der Waals surface area contributed by atoms with Gasteiger partial charge in [0, 0.05) is 16.5 Å². The molecule has 1 aliphatic carbocycles. The maximum atomic E-state index is 12.6. The van der Waals surface area contributed by atoms with Crippen LogP contribution < -0.4 is 10.6 Å². The number of benzene rings is 2. The lowest BCUT2D eigenvalue weighted by molar-refractivity contribution is -0.119. The number of hydrogen-bond acceptors (Lipinski definition) is 5. The van der Waals surface area contributed by atoms with E-state index in [-0.39, 0.29) is 17.7 Å². The standard InChI is InChI=1S/C23H21ClN2O5/c24-15-9-10-19-14(11-15)12-20(31-19)23(29)30-13-21(27)26-18-8-4-3-7-17(18)22(28)25-16-5-1-2-6-16/h3-4,7-12,16H,1-2,5-6,13H2,(H,25,28)(H,26,27). The number of furan rings is 1. The largest absolute Gasteiger partial charge is 0.450 e. The number of ether oxygens (including phenoxy) is 1. The highest BCUT2D eigenvalue weighted by Gasteiger charge is 2.21.